The molecule has 1 atom stereocenters. The van der Waals surface area contributed by atoms with Gasteiger partial charge in [-0.2, -0.15) is 0 Å². The van der Waals surface area contributed by atoms with E-state index >= 15 is 0 Å². The number of halogens is 1. The number of carbonyl (C=O) groups excluding carboxylic acids is 1. The van der Waals surface area contributed by atoms with Crippen LogP contribution in [0.4, 0.5) is 10.1 Å². The van der Waals surface area contributed by atoms with Gasteiger partial charge in [-0.1, -0.05) is 29.8 Å². The zero-order valence-electron chi connectivity index (χ0n) is 15.3. The van der Waals surface area contributed by atoms with Crippen molar-refractivity contribution in [2.45, 2.75) is 33.4 Å². The third-order valence-corrected chi connectivity index (χ3v) is 4.50. The highest BCUT2D eigenvalue weighted by Crippen LogP contribution is 2.11. The van der Waals surface area contributed by atoms with E-state index in [0.717, 1.165) is 16.8 Å². The molecular formula is C20H24FN3OS. The first-order chi connectivity index (χ1) is 12.4. The van der Waals surface area contributed by atoms with Gasteiger partial charge >= 0.3 is 0 Å². The molecule has 0 unspecified atom stereocenters. The first-order valence-electron chi connectivity index (χ1n) is 8.57. The smallest absolute Gasteiger partial charge is 0.246 e. The summed E-state index contributed by atoms with van der Waals surface area (Å²) < 4.78 is 13.0. The number of thiocarbonyl (C=S) groups is 1. The molecule has 0 fully saturated rings. The highest BCUT2D eigenvalue weighted by atomic mass is 32.1. The number of nitrogens with zero attached hydrogens (tertiary/aromatic N) is 1. The minimum absolute atomic E-state index is 0.123. The van der Waals surface area contributed by atoms with Crippen molar-refractivity contribution in [2.24, 2.45) is 0 Å². The lowest BCUT2D eigenvalue weighted by molar-refractivity contribution is -0.119. The molecular weight excluding hydrogens is 349 g/mol. The third kappa shape index (κ3) is 5.52. The van der Waals surface area contributed by atoms with E-state index in [9.17, 15) is 9.18 Å². The van der Waals surface area contributed by atoms with Gasteiger partial charge in [0.15, 0.2) is 5.11 Å². The van der Waals surface area contributed by atoms with Gasteiger partial charge in [-0.3, -0.25) is 4.79 Å². The number of hydrogen-bond donors (Lipinski definition) is 2. The molecule has 2 aromatic carbocycles. The van der Waals surface area contributed by atoms with E-state index in [1.165, 1.54) is 12.1 Å². The van der Waals surface area contributed by atoms with E-state index in [2.05, 4.69) is 10.6 Å². The van der Waals surface area contributed by atoms with Gasteiger partial charge in [0.1, 0.15) is 11.9 Å². The van der Waals surface area contributed by atoms with Gasteiger partial charge in [-0.05, 0) is 62.8 Å². The number of amides is 1. The number of hydrogen-bond acceptors (Lipinski definition) is 2. The Morgan fingerprint density at radius 1 is 1.15 bits per heavy atom. The molecule has 2 rings (SSSR count). The van der Waals surface area contributed by atoms with Gasteiger partial charge in [0.2, 0.25) is 5.91 Å². The fourth-order valence-corrected chi connectivity index (χ4v) is 2.86. The van der Waals surface area contributed by atoms with E-state index in [1.807, 2.05) is 49.9 Å². The maximum absolute atomic E-state index is 13.0. The number of anilines is 1. The zero-order valence-corrected chi connectivity index (χ0v) is 16.1. The summed E-state index contributed by atoms with van der Waals surface area (Å²) in [6.45, 7) is 6.83. The van der Waals surface area contributed by atoms with Gasteiger partial charge in [-0.15, -0.1) is 0 Å². The van der Waals surface area contributed by atoms with Crippen molar-refractivity contribution in [3.05, 3.63) is 65.5 Å². The molecule has 0 aliphatic rings. The van der Waals surface area contributed by atoms with Crippen molar-refractivity contribution in [1.82, 2.24) is 10.2 Å². The molecule has 1 amide bonds. The van der Waals surface area contributed by atoms with Gasteiger partial charge in [-0.25, -0.2) is 4.39 Å². The lowest BCUT2D eigenvalue weighted by Crippen LogP contribution is -2.49. The Hall–Kier alpha value is -2.47. The van der Waals surface area contributed by atoms with Crippen LogP contribution in [0.15, 0.2) is 48.5 Å². The maximum Gasteiger partial charge on any atom is 0.246 e. The molecule has 6 heteroatoms. The van der Waals surface area contributed by atoms with Crippen molar-refractivity contribution >= 4 is 28.9 Å². The van der Waals surface area contributed by atoms with Crippen LogP contribution in [0.1, 0.15) is 25.0 Å². The number of carbonyl (C=O) groups is 1. The second-order valence-electron chi connectivity index (χ2n) is 6.10. The number of benzene rings is 2. The van der Waals surface area contributed by atoms with Crippen molar-refractivity contribution in [3.8, 4) is 0 Å². The Morgan fingerprint density at radius 2 is 1.77 bits per heavy atom. The van der Waals surface area contributed by atoms with Gasteiger partial charge in [0, 0.05) is 18.8 Å². The molecule has 0 bridgehead atoms. The van der Waals surface area contributed by atoms with Crippen LogP contribution >= 0.6 is 12.2 Å². The fraction of sp³-hybridized carbons (Fsp3) is 0.300. The summed E-state index contributed by atoms with van der Waals surface area (Å²) in [7, 11) is 0. The first kappa shape index (κ1) is 19.8. The lowest BCUT2D eigenvalue weighted by atomic mass is 10.2. The van der Waals surface area contributed by atoms with E-state index < -0.39 is 6.04 Å². The van der Waals surface area contributed by atoms with Gasteiger partial charge in [0.05, 0.1) is 0 Å². The molecule has 0 aliphatic heterocycles. The second-order valence-corrected chi connectivity index (χ2v) is 6.49. The molecule has 0 heterocycles. The van der Waals surface area contributed by atoms with Crippen LogP contribution < -0.4 is 10.6 Å². The quantitative estimate of drug-likeness (QED) is 0.755. The Morgan fingerprint density at radius 3 is 2.35 bits per heavy atom. The summed E-state index contributed by atoms with van der Waals surface area (Å²) in [6.07, 6.45) is 0. The average molecular weight is 373 g/mol. The topological polar surface area (TPSA) is 44.4 Å². The largest absolute Gasteiger partial charge is 0.358 e. The maximum atomic E-state index is 13.0. The number of likely N-dealkylation sites (N-methyl/N-ethyl adjacent to an activating group) is 1. The highest BCUT2D eigenvalue weighted by molar-refractivity contribution is 7.80. The highest BCUT2D eigenvalue weighted by Gasteiger charge is 2.22. The van der Waals surface area contributed by atoms with Crippen molar-refractivity contribution in [1.29, 1.82) is 0 Å². The summed E-state index contributed by atoms with van der Waals surface area (Å²) in [5.74, 6) is -0.394. The van der Waals surface area contributed by atoms with Gasteiger partial charge < -0.3 is 15.5 Å². The molecule has 0 radical (unpaired) electrons. The molecule has 2 aromatic rings. The standard InChI is InChI=1S/C20H24FN3OS/c1-4-24(20(26)22-13-16-7-9-17(21)10-8-16)15(3)19(25)23-18-11-5-14(2)6-12-18/h5-12,15H,4,13H2,1-3H3,(H,22,26)(H,23,25)/t15-/m0/s1. The fourth-order valence-electron chi connectivity index (χ4n) is 2.50. The lowest BCUT2D eigenvalue weighted by Gasteiger charge is -2.30. The van der Waals surface area contributed by atoms with Crippen LogP contribution in [0.25, 0.3) is 0 Å². The molecule has 26 heavy (non-hydrogen) atoms. The SMILES string of the molecule is CCN(C(=S)NCc1ccc(F)cc1)[C@@H](C)C(=O)Nc1ccc(C)cc1. The summed E-state index contributed by atoms with van der Waals surface area (Å²) in [5.41, 5.74) is 2.81. The van der Waals surface area contributed by atoms with Crippen LogP contribution in [0.2, 0.25) is 0 Å². The Labute approximate surface area is 159 Å². The first-order valence-corrected chi connectivity index (χ1v) is 8.98. The van der Waals surface area contributed by atoms with E-state index in [0.29, 0.717) is 18.2 Å². The molecule has 0 spiro atoms. The molecule has 0 aromatic heterocycles. The minimum atomic E-state index is -0.422. The van der Waals surface area contributed by atoms with E-state index in [4.69, 9.17) is 12.2 Å². The average Bonchev–Trinajstić information content (AvgIpc) is 2.63. The summed E-state index contributed by atoms with van der Waals surface area (Å²) >= 11 is 5.44. The van der Waals surface area contributed by atoms with Crippen LogP contribution in [0.5, 0.6) is 0 Å². The Bertz CT molecular complexity index is 747. The van der Waals surface area contributed by atoms with Crippen LogP contribution in [0.3, 0.4) is 0 Å². The number of rotatable bonds is 6. The van der Waals surface area contributed by atoms with Gasteiger partial charge in [0.25, 0.3) is 0 Å². The Kier molecular flexibility index (Phi) is 7.09. The summed E-state index contributed by atoms with van der Waals surface area (Å²) in [4.78, 5) is 14.4. The normalized spacial score (nSPS) is 11.5. The molecule has 4 nitrogen and oxygen atoms in total. The summed E-state index contributed by atoms with van der Waals surface area (Å²) in [6, 6.07) is 13.5. The van der Waals surface area contributed by atoms with Crippen LogP contribution in [0, 0.1) is 12.7 Å². The monoisotopic (exact) mass is 373 g/mol. The second kappa shape index (κ2) is 9.29. The number of nitrogens with one attached hydrogen (secondary N) is 2. The van der Waals surface area contributed by atoms with Crippen molar-refractivity contribution in [3.63, 3.8) is 0 Å². The van der Waals surface area contributed by atoms with Crippen LogP contribution in [-0.4, -0.2) is 28.5 Å². The van der Waals surface area contributed by atoms with Crippen molar-refractivity contribution < 1.29 is 9.18 Å². The molecule has 0 saturated heterocycles. The third-order valence-electron chi connectivity index (χ3n) is 4.12. The number of aryl methyl sites for hydroxylation is 1. The predicted molar refractivity (Wildman–Crippen MR) is 107 cm³/mol. The molecule has 138 valence electrons. The van der Waals surface area contributed by atoms with Crippen molar-refractivity contribution in [2.75, 3.05) is 11.9 Å². The summed E-state index contributed by atoms with van der Waals surface area (Å²) in [5, 5.41) is 6.53. The minimum Gasteiger partial charge on any atom is -0.358 e. The molecule has 2 N–H and O–H groups in total. The predicted octanol–water partition coefficient (Wildman–Crippen LogP) is 3.86. The van der Waals surface area contributed by atoms with E-state index in [1.54, 1.807) is 12.1 Å². The van der Waals surface area contributed by atoms with Crippen LogP contribution in [-0.2, 0) is 11.3 Å². The Balaban J connectivity index is 1.94. The van der Waals surface area contributed by atoms with E-state index in [-0.39, 0.29) is 11.7 Å². The molecule has 0 aliphatic carbocycles. The molecule has 0 saturated carbocycles. The zero-order chi connectivity index (χ0) is 19.1.